The van der Waals surface area contributed by atoms with Gasteiger partial charge in [0.2, 0.25) is 5.89 Å². The summed E-state index contributed by atoms with van der Waals surface area (Å²) < 4.78 is 21.3. The molecule has 1 saturated heterocycles. The maximum Gasteiger partial charge on any atom is 0.286 e. The Morgan fingerprint density at radius 1 is 1.19 bits per heavy atom. The molecule has 31 heavy (non-hydrogen) atoms. The van der Waals surface area contributed by atoms with E-state index >= 15 is 0 Å². The molecule has 1 amide bonds. The normalized spacial score (nSPS) is 14.5. The van der Waals surface area contributed by atoms with E-state index in [1.807, 2.05) is 0 Å². The van der Waals surface area contributed by atoms with Gasteiger partial charge in [0.05, 0.1) is 31.5 Å². The summed E-state index contributed by atoms with van der Waals surface area (Å²) in [5.74, 6) is 1.27. The minimum absolute atomic E-state index is 0.0133. The molecule has 11 nitrogen and oxygen atoms in total. The van der Waals surface area contributed by atoms with E-state index in [0.29, 0.717) is 43.5 Å². The lowest BCUT2D eigenvalue weighted by atomic mass is 9.96. The monoisotopic (exact) mass is 428 g/mol. The summed E-state index contributed by atoms with van der Waals surface area (Å²) >= 11 is 0. The summed E-state index contributed by atoms with van der Waals surface area (Å²) in [5, 5.41) is 19.6. The number of hydrogen-bond acceptors (Lipinski definition) is 9. The first-order valence-electron chi connectivity index (χ1n) is 9.58. The van der Waals surface area contributed by atoms with Crippen LogP contribution in [0.3, 0.4) is 0 Å². The summed E-state index contributed by atoms with van der Waals surface area (Å²) in [7, 11) is 2.79. The molecule has 0 radical (unpaired) electrons. The van der Waals surface area contributed by atoms with Crippen LogP contribution >= 0.6 is 0 Å². The molecule has 0 saturated carbocycles. The molecule has 1 aliphatic heterocycles. The number of amides is 1. The third kappa shape index (κ3) is 3.93. The van der Waals surface area contributed by atoms with Crippen molar-refractivity contribution in [2.75, 3.05) is 27.3 Å². The molecule has 0 bridgehead atoms. The molecular formula is C20H20N4O7. The average molecular weight is 428 g/mol. The van der Waals surface area contributed by atoms with Crippen LogP contribution in [0.1, 0.15) is 35.0 Å². The second kappa shape index (κ2) is 8.46. The van der Waals surface area contributed by atoms with Gasteiger partial charge in [-0.1, -0.05) is 0 Å². The van der Waals surface area contributed by atoms with Crippen LogP contribution in [0.5, 0.6) is 11.5 Å². The van der Waals surface area contributed by atoms with Crippen LogP contribution in [0.15, 0.2) is 39.4 Å². The van der Waals surface area contributed by atoms with Crippen molar-refractivity contribution in [3.63, 3.8) is 0 Å². The number of nitrogens with zero attached hydrogens (tertiary/aromatic N) is 4. The minimum atomic E-state index is -0.601. The number of likely N-dealkylation sites (tertiary alicyclic amines) is 1. The third-order valence-electron chi connectivity index (χ3n) is 5.23. The highest BCUT2D eigenvalue weighted by Gasteiger charge is 2.32. The lowest BCUT2D eigenvalue weighted by Crippen LogP contribution is -2.38. The topological polar surface area (TPSA) is 134 Å². The van der Waals surface area contributed by atoms with E-state index in [1.54, 1.807) is 17.0 Å². The zero-order valence-corrected chi connectivity index (χ0v) is 16.9. The van der Waals surface area contributed by atoms with Crippen molar-refractivity contribution in [1.29, 1.82) is 0 Å². The molecule has 1 aliphatic rings. The van der Waals surface area contributed by atoms with Crippen molar-refractivity contribution in [3.8, 4) is 23.1 Å². The Morgan fingerprint density at radius 2 is 1.90 bits per heavy atom. The van der Waals surface area contributed by atoms with Crippen molar-refractivity contribution in [2.45, 2.75) is 18.8 Å². The third-order valence-corrected chi connectivity index (χ3v) is 5.23. The molecule has 2 aromatic heterocycles. The van der Waals surface area contributed by atoms with E-state index in [1.165, 1.54) is 32.6 Å². The van der Waals surface area contributed by atoms with E-state index < -0.39 is 10.8 Å². The lowest BCUT2D eigenvalue weighted by molar-refractivity contribution is -0.385. The molecule has 0 aliphatic carbocycles. The molecule has 4 rings (SSSR count). The average Bonchev–Trinajstić information content (AvgIpc) is 3.49. The molecule has 11 heteroatoms. The molecule has 0 unspecified atom stereocenters. The second-order valence-electron chi connectivity index (χ2n) is 6.97. The van der Waals surface area contributed by atoms with Gasteiger partial charge in [0.25, 0.3) is 17.5 Å². The fraction of sp³-hybridized carbons (Fsp3) is 0.350. The van der Waals surface area contributed by atoms with Crippen molar-refractivity contribution >= 4 is 11.6 Å². The highest BCUT2D eigenvalue weighted by molar-refractivity contribution is 5.99. The Labute approximate surface area is 176 Å². The van der Waals surface area contributed by atoms with Crippen LogP contribution in [0.25, 0.3) is 11.7 Å². The van der Waals surface area contributed by atoms with E-state index in [0.717, 1.165) is 0 Å². The Balaban J connectivity index is 1.49. The van der Waals surface area contributed by atoms with E-state index in [2.05, 4.69) is 10.2 Å². The summed E-state index contributed by atoms with van der Waals surface area (Å²) in [6.07, 6.45) is 2.70. The number of furan rings is 1. The van der Waals surface area contributed by atoms with Crippen LogP contribution in [0.4, 0.5) is 5.69 Å². The van der Waals surface area contributed by atoms with Gasteiger partial charge >= 0.3 is 0 Å². The van der Waals surface area contributed by atoms with Crippen molar-refractivity contribution in [2.24, 2.45) is 0 Å². The van der Waals surface area contributed by atoms with Crippen molar-refractivity contribution < 1.29 is 28.0 Å². The van der Waals surface area contributed by atoms with Crippen LogP contribution < -0.4 is 9.47 Å². The van der Waals surface area contributed by atoms with Crippen LogP contribution in [0, 0.1) is 10.1 Å². The van der Waals surface area contributed by atoms with Gasteiger partial charge < -0.3 is 23.2 Å². The number of carbonyl (C=O) groups is 1. The summed E-state index contributed by atoms with van der Waals surface area (Å²) in [6, 6.07) is 6.01. The van der Waals surface area contributed by atoms with Gasteiger partial charge in [0.15, 0.2) is 17.3 Å². The van der Waals surface area contributed by atoms with Crippen molar-refractivity contribution in [1.82, 2.24) is 15.1 Å². The number of ether oxygens (including phenoxy) is 2. The zero-order chi connectivity index (χ0) is 22.0. The smallest absolute Gasteiger partial charge is 0.286 e. The number of carbonyl (C=O) groups excluding carboxylic acids is 1. The molecular weight excluding hydrogens is 408 g/mol. The minimum Gasteiger partial charge on any atom is -0.493 e. The van der Waals surface area contributed by atoms with Gasteiger partial charge in [-0.05, 0) is 25.0 Å². The lowest BCUT2D eigenvalue weighted by Gasteiger charge is -2.30. The molecule has 3 aromatic rings. The number of nitro groups is 1. The Bertz CT molecular complexity index is 1090. The number of hydrogen-bond donors (Lipinski definition) is 0. The predicted octanol–water partition coefficient (Wildman–Crippen LogP) is 3.27. The van der Waals surface area contributed by atoms with Gasteiger partial charge in [0.1, 0.15) is 5.56 Å². The fourth-order valence-electron chi connectivity index (χ4n) is 3.59. The van der Waals surface area contributed by atoms with Gasteiger partial charge in [0, 0.05) is 25.1 Å². The van der Waals surface area contributed by atoms with Gasteiger partial charge in [-0.2, -0.15) is 0 Å². The highest BCUT2D eigenvalue weighted by atomic mass is 16.6. The summed E-state index contributed by atoms with van der Waals surface area (Å²) in [4.78, 5) is 25.6. The first-order valence-corrected chi connectivity index (χ1v) is 9.58. The fourth-order valence-corrected chi connectivity index (χ4v) is 3.59. The number of piperidine rings is 1. The Morgan fingerprint density at radius 3 is 2.52 bits per heavy atom. The van der Waals surface area contributed by atoms with Gasteiger partial charge in [-0.15, -0.1) is 10.2 Å². The van der Waals surface area contributed by atoms with E-state index in [9.17, 15) is 14.9 Å². The van der Waals surface area contributed by atoms with Gasteiger partial charge in [-0.3, -0.25) is 14.9 Å². The number of methoxy groups -OCH3 is 2. The van der Waals surface area contributed by atoms with Crippen molar-refractivity contribution in [3.05, 3.63) is 52.1 Å². The first-order chi connectivity index (χ1) is 15.0. The SMILES string of the molecule is COc1cc(C(=O)N2CCC(c3nnc(-c4ccco4)o3)CC2)c([N+](=O)[O-])cc1OC. The van der Waals surface area contributed by atoms with Crippen LogP contribution in [-0.2, 0) is 0 Å². The molecule has 0 atom stereocenters. The van der Waals surface area contributed by atoms with Gasteiger partial charge in [-0.25, -0.2) is 0 Å². The number of aromatic nitrogens is 2. The maximum absolute atomic E-state index is 13.1. The predicted molar refractivity (Wildman–Crippen MR) is 106 cm³/mol. The quantitative estimate of drug-likeness (QED) is 0.428. The van der Waals surface area contributed by atoms with E-state index in [-0.39, 0.29) is 28.7 Å². The van der Waals surface area contributed by atoms with Crippen LogP contribution in [-0.4, -0.2) is 53.2 Å². The number of rotatable bonds is 6. The van der Waals surface area contributed by atoms with E-state index in [4.69, 9.17) is 18.3 Å². The summed E-state index contributed by atoms with van der Waals surface area (Å²) in [5.41, 5.74) is -0.372. The molecule has 0 spiro atoms. The molecule has 3 heterocycles. The number of nitro benzene ring substituents is 1. The maximum atomic E-state index is 13.1. The second-order valence-corrected chi connectivity index (χ2v) is 6.97. The molecule has 162 valence electrons. The van der Waals surface area contributed by atoms with Crippen LogP contribution in [0.2, 0.25) is 0 Å². The Hall–Kier alpha value is -3.89. The molecule has 1 fully saturated rings. The highest BCUT2D eigenvalue weighted by Crippen LogP contribution is 2.36. The zero-order valence-electron chi connectivity index (χ0n) is 16.9. The summed E-state index contributed by atoms with van der Waals surface area (Å²) in [6.45, 7) is 0.793. The first kappa shape index (κ1) is 20.4. The molecule has 1 aromatic carbocycles. The Kier molecular flexibility index (Phi) is 5.56. The standard InChI is InChI=1S/C20H20N4O7/c1-28-16-10-13(14(24(26)27)11-17(16)29-2)20(25)23-7-5-12(6-8-23)18-21-22-19(31-18)15-4-3-9-30-15/h3-4,9-12H,5-8H2,1-2H3. The number of benzene rings is 1. The molecule has 0 N–H and O–H groups in total. The largest absolute Gasteiger partial charge is 0.493 e.